The van der Waals surface area contributed by atoms with E-state index in [0.717, 1.165) is 38.5 Å². The number of aliphatic hydroxyl groups excluding tert-OH is 3. The molecular weight excluding hydrogens is 320 g/mol. The molecule has 0 radical (unpaired) electrons. The van der Waals surface area contributed by atoms with Crippen molar-refractivity contribution in [3.05, 3.63) is 0 Å². The molecular formula is C15H40O4SiTi. The van der Waals surface area contributed by atoms with Crippen LogP contribution in [0.4, 0.5) is 0 Å². The first-order valence-corrected chi connectivity index (χ1v) is 11.2. The Labute approximate surface area is 149 Å². The quantitative estimate of drug-likeness (QED) is 0.549. The molecule has 0 aliphatic rings. The Kier molecular flexibility index (Phi) is 51.9. The van der Waals surface area contributed by atoms with Gasteiger partial charge in [0.2, 0.25) is 0 Å². The Morgan fingerprint density at radius 1 is 0.619 bits per heavy atom. The van der Waals surface area contributed by atoms with Crippen LogP contribution in [0.15, 0.2) is 0 Å². The van der Waals surface area contributed by atoms with Crippen LogP contribution in [0.25, 0.3) is 0 Å². The van der Waals surface area contributed by atoms with E-state index < -0.39 is 8.32 Å². The minimum absolute atomic E-state index is 0. The summed E-state index contributed by atoms with van der Waals surface area (Å²) in [4.78, 5) is 8.66. The first-order chi connectivity index (χ1) is 9.24. The van der Waals surface area contributed by atoms with Crippen molar-refractivity contribution >= 4 is 8.32 Å². The summed E-state index contributed by atoms with van der Waals surface area (Å²) in [7, 11) is -1.61. The van der Waals surface area contributed by atoms with E-state index in [1.807, 2.05) is 19.6 Å². The van der Waals surface area contributed by atoms with Crippen molar-refractivity contribution in [2.45, 2.75) is 78.9 Å². The zero-order chi connectivity index (χ0) is 16.9. The second-order valence-electron chi connectivity index (χ2n) is 5.40. The van der Waals surface area contributed by atoms with Crippen LogP contribution in [-0.2, 0) is 21.7 Å². The van der Waals surface area contributed by atoms with Crippen molar-refractivity contribution in [1.29, 1.82) is 0 Å². The second-order valence-corrected chi connectivity index (χ2v) is 9.74. The van der Waals surface area contributed by atoms with Crippen LogP contribution >= 0.6 is 0 Å². The standard InChI is InChI=1S/3C4H10O.C3H10OSi.Ti/c3*1-2-3-4-5;1-5(2,3)4;/h3*5H,2-4H2,1H3;4H,1-3H3;. The van der Waals surface area contributed by atoms with E-state index in [0.29, 0.717) is 19.8 Å². The smallest absolute Gasteiger partial charge is 0.179 e. The molecule has 0 bridgehead atoms. The third-order valence-corrected chi connectivity index (χ3v) is 1.54. The van der Waals surface area contributed by atoms with E-state index in [9.17, 15) is 0 Å². The van der Waals surface area contributed by atoms with Gasteiger partial charge in [0.15, 0.2) is 8.32 Å². The van der Waals surface area contributed by atoms with Crippen molar-refractivity contribution in [3.8, 4) is 0 Å². The Hall–Kier alpha value is 0.771. The van der Waals surface area contributed by atoms with Gasteiger partial charge in [0, 0.05) is 41.5 Å². The zero-order valence-electron chi connectivity index (χ0n) is 15.2. The SMILES string of the molecule is CCCCO.CCCCO.CCCCO.C[Si](C)(C)O.[Ti]. The summed E-state index contributed by atoms with van der Waals surface area (Å²) in [5.74, 6) is 0. The summed E-state index contributed by atoms with van der Waals surface area (Å²) in [5, 5.41) is 24.2. The van der Waals surface area contributed by atoms with Gasteiger partial charge in [0.25, 0.3) is 0 Å². The molecule has 0 aromatic carbocycles. The molecule has 0 fully saturated rings. The van der Waals surface area contributed by atoms with Crippen LogP contribution in [0.3, 0.4) is 0 Å². The molecule has 0 rings (SSSR count). The summed E-state index contributed by atoms with van der Waals surface area (Å²) >= 11 is 0. The summed E-state index contributed by atoms with van der Waals surface area (Å²) in [6, 6.07) is 0. The molecule has 0 atom stereocenters. The first-order valence-electron chi connectivity index (χ1n) is 7.79. The van der Waals surface area contributed by atoms with Crippen LogP contribution in [0.2, 0.25) is 19.6 Å². The molecule has 0 unspecified atom stereocenters. The fourth-order valence-corrected chi connectivity index (χ4v) is 0.474. The summed E-state index contributed by atoms with van der Waals surface area (Å²) in [6.45, 7) is 12.8. The molecule has 132 valence electrons. The third kappa shape index (κ3) is 160. The molecule has 21 heavy (non-hydrogen) atoms. The number of unbranched alkanes of at least 4 members (excludes halogenated alkanes) is 3. The van der Waals surface area contributed by atoms with Gasteiger partial charge in [-0.05, 0) is 38.9 Å². The van der Waals surface area contributed by atoms with E-state index in [1.54, 1.807) is 0 Å². The van der Waals surface area contributed by atoms with E-state index >= 15 is 0 Å². The molecule has 4 nitrogen and oxygen atoms in total. The molecule has 0 saturated heterocycles. The molecule has 0 aromatic rings. The topological polar surface area (TPSA) is 80.9 Å². The van der Waals surface area contributed by atoms with Crippen molar-refractivity contribution in [2.24, 2.45) is 0 Å². The number of hydrogen-bond donors (Lipinski definition) is 4. The van der Waals surface area contributed by atoms with Crippen LogP contribution in [0.1, 0.15) is 59.3 Å². The van der Waals surface area contributed by atoms with E-state index in [-0.39, 0.29) is 21.7 Å². The Morgan fingerprint density at radius 3 is 0.762 bits per heavy atom. The fourth-order valence-electron chi connectivity index (χ4n) is 0.474. The summed E-state index contributed by atoms with van der Waals surface area (Å²) in [6.07, 6.45) is 6.11. The Balaban J connectivity index is -0.0000000533. The normalized spacial score (nSPS) is 8.86. The minimum Gasteiger partial charge on any atom is -0.433 e. The number of aliphatic hydroxyl groups is 3. The number of rotatable bonds is 6. The van der Waals surface area contributed by atoms with Crippen molar-refractivity contribution in [3.63, 3.8) is 0 Å². The van der Waals surface area contributed by atoms with Gasteiger partial charge in [-0.15, -0.1) is 0 Å². The van der Waals surface area contributed by atoms with Crippen molar-refractivity contribution in [1.82, 2.24) is 0 Å². The predicted molar refractivity (Wildman–Crippen MR) is 91.5 cm³/mol. The van der Waals surface area contributed by atoms with Gasteiger partial charge < -0.3 is 20.1 Å². The Morgan fingerprint density at radius 2 is 0.762 bits per heavy atom. The van der Waals surface area contributed by atoms with Gasteiger partial charge in [0.05, 0.1) is 0 Å². The minimum atomic E-state index is -1.61. The molecule has 6 heteroatoms. The molecule has 0 saturated carbocycles. The maximum atomic E-state index is 8.66. The van der Waals surface area contributed by atoms with E-state index in [2.05, 4.69) is 20.8 Å². The molecule has 0 amide bonds. The summed E-state index contributed by atoms with van der Waals surface area (Å²) < 4.78 is 0. The van der Waals surface area contributed by atoms with E-state index in [4.69, 9.17) is 20.1 Å². The zero-order valence-corrected chi connectivity index (χ0v) is 17.7. The molecule has 0 aliphatic heterocycles. The largest absolute Gasteiger partial charge is 0.433 e. The van der Waals surface area contributed by atoms with Gasteiger partial charge in [-0.3, -0.25) is 0 Å². The monoisotopic (exact) mass is 360 g/mol. The van der Waals surface area contributed by atoms with E-state index in [1.165, 1.54) is 0 Å². The van der Waals surface area contributed by atoms with Gasteiger partial charge in [-0.1, -0.05) is 40.0 Å². The second kappa shape index (κ2) is 32.6. The van der Waals surface area contributed by atoms with Gasteiger partial charge in [-0.25, -0.2) is 0 Å². The maximum Gasteiger partial charge on any atom is 0.179 e. The third-order valence-electron chi connectivity index (χ3n) is 1.54. The van der Waals surface area contributed by atoms with Crippen LogP contribution in [0.5, 0.6) is 0 Å². The van der Waals surface area contributed by atoms with Gasteiger partial charge in [0.1, 0.15) is 0 Å². The predicted octanol–water partition coefficient (Wildman–Crippen LogP) is 3.15. The van der Waals surface area contributed by atoms with Crippen molar-refractivity contribution < 1.29 is 41.8 Å². The average molecular weight is 360 g/mol. The number of hydrogen-bond acceptors (Lipinski definition) is 4. The molecule has 0 aliphatic carbocycles. The molecule has 0 heterocycles. The summed E-state index contributed by atoms with van der Waals surface area (Å²) in [5.41, 5.74) is 0. The maximum absolute atomic E-state index is 8.66. The molecule has 0 spiro atoms. The van der Waals surface area contributed by atoms with Crippen LogP contribution in [0, 0.1) is 0 Å². The van der Waals surface area contributed by atoms with Gasteiger partial charge >= 0.3 is 0 Å². The first kappa shape index (κ1) is 33.4. The molecule has 4 N–H and O–H groups in total. The Bertz CT molecular complexity index is 107. The van der Waals surface area contributed by atoms with Gasteiger partial charge in [-0.2, -0.15) is 0 Å². The van der Waals surface area contributed by atoms with Crippen LogP contribution < -0.4 is 0 Å². The average Bonchev–Trinajstić information content (AvgIpc) is 2.31. The fraction of sp³-hybridized carbons (Fsp3) is 1.00. The van der Waals surface area contributed by atoms with Crippen molar-refractivity contribution in [2.75, 3.05) is 19.8 Å². The van der Waals surface area contributed by atoms with Crippen LogP contribution in [-0.4, -0.2) is 48.3 Å². The molecule has 0 aromatic heterocycles.